The van der Waals surface area contributed by atoms with Crippen molar-refractivity contribution in [1.29, 1.82) is 0 Å². The van der Waals surface area contributed by atoms with Crippen molar-refractivity contribution in [3.05, 3.63) is 0 Å². The lowest BCUT2D eigenvalue weighted by Gasteiger charge is -2.25. The lowest BCUT2D eigenvalue weighted by atomic mass is 9.93. The van der Waals surface area contributed by atoms with E-state index < -0.39 is 0 Å². The third-order valence-corrected chi connectivity index (χ3v) is 3.68. The summed E-state index contributed by atoms with van der Waals surface area (Å²) in [5.74, 6) is 0.682. The molecule has 0 radical (unpaired) electrons. The van der Waals surface area contributed by atoms with E-state index >= 15 is 0 Å². The van der Waals surface area contributed by atoms with E-state index in [9.17, 15) is 9.59 Å². The highest BCUT2D eigenvalue weighted by atomic mass is 35.5. The quantitative estimate of drug-likeness (QED) is 0.742. The maximum atomic E-state index is 12.2. The first kappa shape index (κ1) is 19.2. The van der Waals surface area contributed by atoms with Crippen molar-refractivity contribution in [2.75, 3.05) is 33.2 Å². The van der Waals surface area contributed by atoms with Crippen LogP contribution in [0.5, 0.6) is 0 Å². The summed E-state index contributed by atoms with van der Waals surface area (Å²) in [7, 11) is 1.60. The van der Waals surface area contributed by atoms with Crippen molar-refractivity contribution >= 4 is 24.2 Å². The van der Waals surface area contributed by atoms with Gasteiger partial charge in [0.1, 0.15) is 0 Å². The zero-order chi connectivity index (χ0) is 14.1. The Bertz CT molecular complexity index is 294. The van der Waals surface area contributed by atoms with E-state index in [2.05, 4.69) is 10.6 Å². The number of carbonyl (C=O) groups is 2. The predicted molar refractivity (Wildman–Crippen MR) is 83.0 cm³/mol. The van der Waals surface area contributed by atoms with Gasteiger partial charge in [-0.2, -0.15) is 0 Å². The normalized spacial score (nSPS) is 15.3. The Labute approximate surface area is 128 Å². The molecule has 118 valence electrons. The van der Waals surface area contributed by atoms with E-state index in [1.165, 1.54) is 0 Å². The average Bonchev–Trinajstić information content (AvgIpc) is 2.45. The third kappa shape index (κ3) is 7.10. The topological polar surface area (TPSA) is 61.4 Å². The van der Waals surface area contributed by atoms with E-state index in [0.717, 1.165) is 38.8 Å². The first-order chi connectivity index (χ1) is 9.17. The first-order valence-electron chi connectivity index (χ1n) is 7.36. The summed E-state index contributed by atoms with van der Waals surface area (Å²) in [5.41, 5.74) is 0. The first-order valence-corrected chi connectivity index (χ1v) is 7.36. The van der Waals surface area contributed by atoms with Crippen LogP contribution in [0.3, 0.4) is 0 Å². The van der Waals surface area contributed by atoms with Crippen LogP contribution in [0.4, 0.5) is 0 Å². The van der Waals surface area contributed by atoms with E-state index in [0.29, 0.717) is 18.9 Å². The molecule has 2 amide bonds. The molecule has 1 aliphatic heterocycles. The van der Waals surface area contributed by atoms with Gasteiger partial charge in [-0.25, -0.2) is 0 Å². The fourth-order valence-corrected chi connectivity index (χ4v) is 2.47. The van der Waals surface area contributed by atoms with Crippen LogP contribution in [0, 0.1) is 5.92 Å². The number of halogens is 1. The molecule has 1 heterocycles. The average molecular weight is 306 g/mol. The molecule has 0 aromatic heterocycles. The lowest BCUT2D eigenvalue weighted by Crippen LogP contribution is -2.40. The minimum absolute atomic E-state index is 0. The van der Waals surface area contributed by atoms with Crippen LogP contribution in [0.15, 0.2) is 0 Å². The van der Waals surface area contributed by atoms with Crippen LogP contribution in [0.1, 0.15) is 39.0 Å². The van der Waals surface area contributed by atoms with Gasteiger partial charge in [-0.15, -0.1) is 12.4 Å². The Kier molecular flexibility index (Phi) is 10.5. The second kappa shape index (κ2) is 10.9. The standard InChI is InChI=1S/C14H27N3O2.ClH/c1-3-10-17(11-13(18)15-2)14(19)5-4-12-6-8-16-9-7-12;/h12,16H,3-11H2,1-2H3,(H,15,18);1H. The zero-order valence-electron chi connectivity index (χ0n) is 12.6. The second-order valence-electron chi connectivity index (χ2n) is 5.22. The molecular formula is C14H28ClN3O2. The number of hydrogen-bond donors (Lipinski definition) is 2. The van der Waals surface area contributed by atoms with Crippen molar-refractivity contribution in [2.45, 2.75) is 39.0 Å². The Balaban J connectivity index is 0.00000361. The van der Waals surface area contributed by atoms with Crippen LogP contribution < -0.4 is 10.6 Å². The van der Waals surface area contributed by atoms with Gasteiger partial charge in [-0.05, 0) is 44.7 Å². The highest BCUT2D eigenvalue weighted by Gasteiger charge is 2.19. The molecule has 2 N–H and O–H groups in total. The minimum Gasteiger partial charge on any atom is -0.358 e. The van der Waals surface area contributed by atoms with Crippen molar-refractivity contribution in [1.82, 2.24) is 15.5 Å². The van der Waals surface area contributed by atoms with Gasteiger partial charge in [0.25, 0.3) is 0 Å². The van der Waals surface area contributed by atoms with Crippen LogP contribution in [0.2, 0.25) is 0 Å². The summed E-state index contributed by atoms with van der Waals surface area (Å²) in [4.78, 5) is 25.2. The molecule has 0 bridgehead atoms. The summed E-state index contributed by atoms with van der Waals surface area (Å²) >= 11 is 0. The molecule has 20 heavy (non-hydrogen) atoms. The zero-order valence-corrected chi connectivity index (χ0v) is 13.4. The van der Waals surface area contributed by atoms with Gasteiger partial charge in [-0.1, -0.05) is 6.92 Å². The maximum Gasteiger partial charge on any atom is 0.239 e. The Morgan fingerprint density at radius 3 is 2.50 bits per heavy atom. The van der Waals surface area contributed by atoms with Crippen molar-refractivity contribution in [3.63, 3.8) is 0 Å². The summed E-state index contributed by atoms with van der Waals surface area (Å²) in [5, 5.41) is 5.90. The van der Waals surface area contributed by atoms with Gasteiger partial charge in [0.05, 0.1) is 6.54 Å². The highest BCUT2D eigenvalue weighted by Crippen LogP contribution is 2.18. The van der Waals surface area contributed by atoms with Gasteiger partial charge in [0.15, 0.2) is 0 Å². The van der Waals surface area contributed by atoms with Gasteiger partial charge in [0, 0.05) is 20.0 Å². The molecule has 5 nitrogen and oxygen atoms in total. The fourth-order valence-electron chi connectivity index (χ4n) is 2.47. The van der Waals surface area contributed by atoms with Gasteiger partial charge >= 0.3 is 0 Å². The van der Waals surface area contributed by atoms with Gasteiger partial charge in [0.2, 0.25) is 11.8 Å². The number of carbonyl (C=O) groups excluding carboxylic acids is 2. The number of nitrogens with zero attached hydrogens (tertiary/aromatic N) is 1. The molecule has 0 saturated carbocycles. The number of hydrogen-bond acceptors (Lipinski definition) is 3. The monoisotopic (exact) mass is 305 g/mol. The Morgan fingerprint density at radius 1 is 1.30 bits per heavy atom. The number of rotatable bonds is 7. The van der Waals surface area contributed by atoms with Crippen LogP contribution in [0.25, 0.3) is 0 Å². The van der Waals surface area contributed by atoms with E-state index in [1.807, 2.05) is 6.92 Å². The smallest absolute Gasteiger partial charge is 0.239 e. The maximum absolute atomic E-state index is 12.2. The fraction of sp³-hybridized carbons (Fsp3) is 0.857. The summed E-state index contributed by atoms with van der Waals surface area (Å²) in [6, 6.07) is 0. The predicted octanol–water partition coefficient (Wildman–Crippen LogP) is 1.17. The van der Waals surface area contributed by atoms with E-state index in [4.69, 9.17) is 0 Å². The van der Waals surface area contributed by atoms with E-state index in [1.54, 1.807) is 11.9 Å². The molecule has 0 unspecified atom stereocenters. The summed E-state index contributed by atoms with van der Waals surface area (Å²) in [6.45, 7) is 5.01. The molecule has 1 fully saturated rings. The third-order valence-electron chi connectivity index (χ3n) is 3.68. The molecule has 1 rings (SSSR count). The second-order valence-corrected chi connectivity index (χ2v) is 5.22. The lowest BCUT2D eigenvalue weighted by molar-refractivity contribution is -0.136. The molecule has 1 aliphatic rings. The van der Waals surface area contributed by atoms with Crippen LogP contribution >= 0.6 is 12.4 Å². The molecule has 0 aromatic rings. The van der Waals surface area contributed by atoms with Crippen LogP contribution in [-0.4, -0.2) is 49.9 Å². The Morgan fingerprint density at radius 2 is 1.95 bits per heavy atom. The number of piperidine rings is 1. The van der Waals surface area contributed by atoms with Gasteiger partial charge in [-0.3, -0.25) is 9.59 Å². The Hall–Kier alpha value is -0.810. The van der Waals surface area contributed by atoms with Gasteiger partial charge < -0.3 is 15.5 Å². The summed E-state index contributed by atoms with van der Waals surface area (Å²) < 4.78 is 0. The highest BCUT2D eigenvalue weighted by molar-refractivity contribution is 5.85. The molecule has 0 aromatic carbocycles. The molecule has 0 atom stereocenters. The number of amides is 2. The number of likely N-dealkylation sites (N-methyl/N-ethyl adjacent to an activating group) is 1. The summed E-state index contributed by atoms with van der Waals surface area (Å²) in [6.07, 6.45) is 4.74. The van der Waals surface area contributed by atoms with E-state index in [-0.39, 0.29) is 30.8 Å². The molecular weight excluding hydrogens is 278 g/mol. The van der Waals surface area contributed by atoms with Crippen molar-refractivity contribution in [3.8, 4) is 0 Å². The number of nitrogens with one attached hydrogen (secondary N) is 2. The molecule has 1 saturated heterocycles. The SMILES string of the molecule is CCCN(CC(=O)NC)C(=O)CCC1CCNCC1.Cl. The van der Waals surface area contributed by atoms with Crippen molar-refractivity contribution < 1.29 is 9.59 Å². The van der Waals surface area contributed by atoms with Crippen LogP contribution in [-0.2, 0) is 9.59 Å². The molecule has 0 spiro atoms. The molecule has 0 aliphatic carbocycles. The largest absolute Gasteiger partial charge is 0.358 e. The molecule has 6 heteroatoms. The van der Waals surface area contributed by atoms with Crippen molar-refractivity contribution in [2.24, 2.45) is 5.92 Å². The minimum atomic E-state index is -0.0938.